The van der Waals surface area contributed by atoms with Crippen molar-refractivity contribution in [1.29, 1.82) is 0 Å². The molecular weight excluding hydrogens is 352 g/mol. The number of benzene rings is 2. The zero-order chi connectivity index (χ0) is 19.1. The van der Waals surface area contributed by atoms with Gasteiger partial charge in [-0.1, -0.05) is 0 Å². The van der Waals surface area contributed by atoms with E-state index in [4.69, 9.17) is 4.74 Å². The molecule has 9 nitrogen and oxygen atoms in total. The summed E-state index contributed by atoms with van der Waals surface area (Å²) < 4.78 is 5.83. The zero-order valence-corrected chi connectivity index (χ0v) is 14.1. The number of hydrogen-bond acceptors (Lipinski definition) is 6. The van der Waals surface area contributed by atoms with Gasteiger partial charge in [-0.15, -0.1) is 4.68 Å². The summed E-state index contributed by atoms with van der Waals surface area (Å²) in [5, 5.41) is 23.6. The molecule has 2 aromatic carbocycles. The molecule has 0 radical (unpaired) electrons. The van der Waals surface area contributed by atoms with Gasteiger partial charge in [0.2, 0.25) is 0 Å². The van der Waals surface area contributed by atoms with Crippen LogP contribution < -0.4 is 16.0 Å². The van der Waals surface area contributed by atoms with Crippen LogP contribution in [0.4, 0.5) is 0 Å². The minimum Gasteiger partial charge on any atom is -0.508 e. The normalized spacial score (nSPS) is 11.6. The molecule has 4 aromatic rings. The van der Waals surface area contributed by atoms with Gasteiger partial charge in [-0.05, 0) is 30.3 Å². The molecule has 0 spiro atoms. The molecule has 0 aliphatic heterocycles. The minimum absolute atomic E-state index is 0.116. The van der Waals surface area contributed by atoms with Gasteiger partial charge in [0, 0.05) is 22.5 Å². The number of aromatic hydroxyl groups is 2. The number of phenolic OH excluding ortho intramolecular Hbond substituents is 2. The van der Waals surface area contributed by atoms with Crippen molar-refractivity contribution in [3.63, 3.8) is 0 Å². The largest absolute Gasteiger partial charge is 0.508 e. The molecule has 9 heteroatoms. The SMILES string of the molecule is COc1ccc2[nH]c3c(=O)n(/N=C\c4ccc(O)cc4O)c(=O)[nH]c3c2c1. The number of aromatic nitrogens is 3. The maximum absolute atomic E-state index is 12.7. The van der Waals surface area contributed by atoms with Gasteiger partial charge in [-0.25, -0.2) is 4.79 Å². The quantitative estimate of drug-likeness (QED) is 0.408. The Morgan fingerprint density at radius 3 is 2.63 bits per heavy atom. The van der Waals surface area contributed by atoms with Crippen LogP contribution in [0, 0.1) is 0 Å². The van der Waals surface area contributed by atoms with Crippen molar-refractivity contribution in [2.75, 3.05) is 7.11 Å². The van der Waals surface area contributed by atoms with Gasteiger partial charge in [-0.3, -0.25) is 4.79 Å². The Labute approximate surface area is 150 Å². The van der Waals surface area contributed by atoms with Crippen molar-refractivity contribution in [2.45, 2.75) is 0 Å². The van der Waals surface area contributed by atoms with Gasteiger partial charge < -0.3 is 24.9 Å². The summed E-state index contributed by atoms with van der Waals surface area (Å²) in [5.74, 6) is 0.242. The van der Waals surface area contributed by atoms with Crippen LogP contribution in [-0.4, -0.2) is 38.2 Å². The molecule has 0 atom stereocenters. The second kappa shape index (κ2) is 6.06. The number of nitrogens with zero attached hydrogens (tertiary/aromatic N) is 2. The van der Waals surface area contributed by atoms with E-state index in [1.165, 1.54) is 19.2 Å². The van der Waals surface area contributed by atoms with Crippen molar-refractivity contribution in [2.24, 2.45) is 5.10 Å². The van der Waals surface area contributed by atoms with Gasteiger partial charge in [0.15, 0.2) is 0 Å². The van der Waals surface area contributed by atoms with E-state index in [0.29, 0.717) is 26.8 Å². The summed E-state index contributed by atoms with van der Waals surface area (Å²) in [5.41, 5.74) is 0.0731. The van der Waals surface area contributed by atoms with Crippen LogP contribution >= 0.6 is 0 Å². The predicted molar refractivity (Wildman–Crippen MR) is 100 cm³/mol. The van der Waals surface area contributed by atoms with Crippen LogP contribution in [0.1, 0.15) is 5.56 Å². The number of methoxy groups -OCH3 is 1. The molecule has 0 aliphatic carbocycles. The number of ether oxygens (including phenoxy) is 1. The summed E-state index contributed by atoms with van der Waals surface area (Å²) in [4.78, 5) is 30.7. The lowest BCUT2D eigenvalue weighted by Crippen LogP contribution is -2.32. The first kappa shape index (κ1) is 16.5. The third kappa shape index (κ3) is 2.71. The Hall–Kier alpha value is -4.01. The first-order valence-corrected chi connectivity index (χ1v) is 7.89. The van der Waals surface area contributed by atoms with Gasteiger partial charge in [-0.2, -0.15) is 5.10 Å². The molecule has 27 heavy (non-hydrogen) atoms. The molecule has 0 unspecified atom stereocenters. The monoisotopic (exact) mass is 366 g/mol. The lowest BCUT2D eigenvalue weighted by Gasteiger charge is -2.01. The highest BCUT2D eigenvalue weighted by Gasteiger charge is 2.13. The molecule has 2 heterocycles. The summed E-state index contributed by atoms with van der Waals surface area (Å²) in [6.45, 7) is 0. The van der Waals surface area contributed by atoms with Crippen molar-refractivity contribution in [3.05, 3.63) is 62.8 Å². The molecule has 0 bridgehead atoms. The minimum atomic E-state index is -0.731. The van der Waals surface area contributed by atoms with E-state index in [1.807, 2.05) is 0 Å². The van der Waals surface area contributed by atoms with E-state index < -0.39 is 11.2 Å². The van der Waals surface area contributed by atoms with E-state index in [-0.39, 0.29) is 22.6 Å². The van der Waals surface area contributed by atoms with Crippen molar-refractivity contribution < 1.29 is 14.9 Å². The van der Waals surface area contributed by atoms with Gasteiger partial charge in [0.25, 0.3) is 0 Å². The van der Waals surface area contributed by atoms with E-state index in [0.717, 1.165) is 12.3 Å². The highest BCUT2D eigenvalue weighted by Crippen LogP contribution is 2.25. The van der Waals surface area contributed by atoms with E-state index in [9.17, 15) is 19.8 Å². The summed E-state index contributed by atoms with van der Waals surface area (Å²) in [6, 6.07) is 9.08. The number of phenols is 2. The van der Waals surface area contributed by atoms with E-state index in [1.54, 1.807) is 18.2 Å². The van der Waals surface area contributed by atoms with Gasteiger partial charge in [0.1, 0.15) is 22.8 Å². The molecule has 136 valence electrons. The predicted octanol–water partition coefficient (Wildman–Crippen LogP) is 1.47. The number of hydrogen-bond donors (Lipinski definition) is 4. The van der Waals surface area contributed by atoms with Crippen LogP contribution in [0.5, 0.6) is 17.2 Å². The van der Waals surface area contributed by atoms with Gasteiger partial charge in [0.05, 0.1) is 18.8 Å². The van der Waals surface area contributed by atoms with Crippen molar-refractivity contribution in [3.8, 4) is 17.2 Å². The Kier molecular flexibility index (Phi) is 3.69. The molecule has 0 fully saturated rings. The fraction of sp³-hybridized carbons (Fsp3) is 0.0556. The molecule has 0 saturated carbocycles. The zero-order valence-electron chi connectivity index (χ0n) is 14.1. The fourth-order valence-corrected chi connectivity index (χ4v) is 2.81. The fourth-order valence-electron chi connectivity index (χ4n) is 2.81. The molecule has 4 rings (SSSR count). The first-order chi connectivity index (χ1) is 13.0. The summed E-state index contributed by atoms with van der Waals surface area (Å²) >= 11 is 0. The highest BCUT2D eigenvalue weighted by atomic mass is 16.5. The smallest absolute Gasteiger partial charge is 0.350 e. The average Bonchev–Trinajstić information content (AvgIpc) is 3.01. The lowest BCUT2D eigenvalue weighted by atomic mass is 10.2. The second-order valence-electron chi connectivity index (χ2n) is 5.82. The maximum atomic E-state index is 12.7. The Balaban J connectivity index is 1.89. The third-order valence-electron chi connectivity index (χ3n) is 4.16. The molecule has 0 aliphatic rings. The third-order valence-corrected chi connectivity index (χ3v) is 4.16. The van der Waals surface area contributed by atoms with Crippen molar-refractivity contribution >= 4 is 28.2 Å². The van der Waals surface area contributed by atoms with Crippen molar-refractivity contribution in [1.82, 2.24) is 14.6 Å². The number of rotatable bonds is 3. The summed E-state index contributed by atoms with van der Waals surface area (Å²) in [6.07, 6.45) is 1.16. The lowest BCUT2D eigenvalue weighted by molar-refractivity contribution is 0.415. The van der Waals surface area contributed by atoms with Crippen LogP contribution in [0.25, 0.3) is 21.9 Å². The van der Waals surface area contributed by atoms with E-state index in [2.05, 4.69) is 15.1 Å². The van der Waals surface area contributed by atoms with Gasteiger partial charge >= 0.3 is 11.2 Å². The Morgan fingerprint density at radius 1 is 1.07 bits per heavy atom. The highest BCUT2D eigenvalue weighted by molar-refractivity contribution is 6.04. The number of aromatic amines is 2. The Bertz CT molecular complexity index is 1330. The topological polar surface area (TPSA) is 133 Å². The van der Waals surface area contributed by atoms with Crippen LogP contribution in [0.3, 0.4) is 0 Å². The number of H-pyrrole nitrogens is 2. The average molecular weight is 366 g/mol. The summed E-state index contributed by atoms with van der Waals surface area (Å²) in [7, 11) is 1.53. The Morgan fingerprint density at radius 2 is 1.89 bits per heavy atom. The van der Waals surface area contributed by atoms with Crippen LogP contribution in [0.2, 0.25) is 0 Å². The number of fused-ring (bicyclic) bond motifs is 3. The molecule has 0 saturated heterocycles. The van der Waals surface area contributed by atoms with E-state index >= 15 is 0 Å². The molecule has 0 amide bonds. The molecular formula is C18H14N4O5. The van der Waals surface area contributed by atoms with Crippen LogP contribution in [-0.2, 0) is 0 Å². The number of nitrogens with one attached hydrogen (secondary N) is 2. The molecule has 2 aromatic heterocycles. The standard InChI is InChI=1S/C18H14N4O5/c1-27-11-4-5-13-12(7-11)15-16(20-13)17(25)22(18(26)21-15)19-8-9-2-3-10(23)6-14(9)24/h2-8,20,23-24H,1H3,(H,21,26)/b19-8-. The molecule has 4 N–H and O–H groups in total. The maximum Gasteiger partial charge on any atom is 0.350 e. The first-order valence-electron chi connectivity index (χ1n) is 7.89. The van der Waals surface area contributed by atoms with Crippen LogP contribution in [0.15, 0.2) is 51.1 Å². The second-order valence-corrected chi connectivity index (χ2v) is 5.82.